The smallest absolute Gasteiger partial charge is 0.269 e. The maximum absolute atomic E-state index is 12.4. The maximum Gasteiger partial charge on any atom is 0.269 e. The third-order valence-electron chi connectivity index (χ3n) is 3.78. The van der Waals surface area contributed by atoms with Crippen molar-refractivity contribution < 1.29 is 19.1 Å². The number of ether oxygens (including phenoxy) is 2. The van der Waals surface area contributed by atoms with Crippen molar-refractivity contribution in [2.24, 2.45) is 0 Å². The predicted molar refractivity (Wildman–Crippen MR) is 104 cm³/mol. The zero-order chi connectivity index (χ0) is 19.8. The molecule has 0 aliphatic rings. The second kappa shape index (κ2) is 9.64. The Kier molecular flexibility index (Phi) is 7.25. The molecule has 27 heavy (non-hydrogen) atoms. The van der Waals surface area contributed by atoms with Crippen LogP contribution in [-0.2, 0) is 17.6 Å². The van der Waals surface area contributed by atoms with Crippen LogP contribution in [0.5, 0.6) is 11.5 Å². The van der Waals surface area contributed by atoms with E-state index in [1.165, 1.54) is 14.2 Å². The molecule has 2 aromatic carbocycles. The van der Waals surface area contributed by atoms with E-state index in [2.05, 4.69) is 17.4 Å². The molecule has 0 bridgehead atoms. The molecule has 0 heterocycles. The van der Waals surface area contributed by atoms with Crippen LogP contribution in [-0.4, -0.2) is 26.0 Å². The van der Waals surface area contributed by atoms with Gasteiger partial charge >= 0.3 is 0 Å². The van der Waals surface area contributed by atoms with Crippen LogP contribution in [0.2, 0.25) is 5.02 Å². The summed E-state index contributed by atoms with van der Waals surface area (Å²) in [4.78, 5) is 24.4. The molecule has 2 N–H and O–H groups in total. The van der Waals surface area contributed by atoms with Crippen molar-refractivity contribution in [2.75, 3.05) is 14.2 Å². The molecular weight excluding hydrogens is 368 g/mol. The number of carbonyl (C=O) groups is 2. The van der Waals surface area contributed by atoms with Gasteiger partial charge in [-0.15, -0.1) is 6.58 Å². The first-order chi connectivity index (χ1) is 13.0. The first-order valence-electron chi connectivity index (χ1n) is 8.18. The lowest BCUT2D eigenvalue weighted by Gasteiger charge is -2.14. The lowest BCUT2D eigenvalue weighted by atomic mass is 10.1. The molecule has 7 heteroatoms. The van der Waals surface area contributed by atoms with Crippen LogP contribution in [0.25, 0.3) is 0 Å². The van der Waals surface area contributed by atoms with Crippen molar-refractivity contribution >= 4 is 23.4 Å². The number of methoxy groups -OCH3 is 2. The Hall–Kier alpha value is -2.99. The number of halogens is 1. The van der Waals surface area contributed by atoms with Crippen LogP contribution in [0.15, 0.2) is 49.1 Å². The number of allylic oxidation sites excluding steroid dienone is 1. The summed E-state index contributed by atoms with van der Waals surface area (Å²) in [5.74, 6) is 0.151. The van der Waals surface area contributed by atoms with E-state index >= 15 is 0 Å². The maximum atomic E-state index is 12.4. The van der Waals surface area contributed by atoms with Gasteiger partial charge in [-0.05, 0) is 36.2 Å². The van der Waals surface area contributed by atoms with Gasteiger partial charge in [0.2, 0.25) is 5.91 Å². The minimum atomic E-state index is -0.467. The number of carbonyl (C=O) groups excluding carboxylic acids is 2. The number of hydrogen-bond donors (Lipinski definition) is 2. The molecule has 0 aliphatic carbocycles. The normalized spacial score (nSPS) is 10.0. The fourth-order valence-electron chi connectivity index (χ4n) is 2.51. The van der Waals surface area contributed by atoms with Gasteiger partial charge in [-0.2, -0.15) is 0 Å². The molecule has 0 saturated carbocycles. The Morgan fingerprint density at radius 2 is 1.81 bits per heavy atom. The largest absolute Gasteiger partial charge is 0.493 e. The number of rotatable bonds is 7. The monoisotopic (exact) mass is 388 g/mol. The number of nitrogens with one attached hydrogen (secondary N) is 2. The van der Waals surface area contributed by atoms with Crippen molar-refractivity contribution in [2.45, 2.75) is 12.8 Å². The average Bonchev–Trinajstić information content (AvgIpc) is 2.67. The van der Waals surface area contributed by atoms with Gasteiger partial charge in [0.25, 0.3) is 5.91 Å². The van der Waals surface area contributed by atoms with Gasteiger partial charge in [0.05, 0.1) is 20.6 Å². The number of benzene rings is 2. The van der Waals surface area contributed by atoms with E-state index < -0.39 is 5.91 Å². The molecule has 0 aliphatic heterocycles. The Morgan fingerprint density at radius 3 is 2.41 bits per heavy atom. The highest BCUT2D eigenvalue weighted by atomic mass is 35.5. The van der Waals surface area contributed by atoms with Crippen LogP contribution in [0.1, 0.15) is 21.5 Å². The minimum Gasteiger partial charge on any atom is -0.493 e. The number of hydrogen-bond acceptors (Lipinski definition) is 4. The van der Waals surface area contributed by atoms with Crippen LogP contribution >= 0.6 is 11.6 Å². The number of amides is 2. The van der Waals surface area contributed by atoms with E-state index in [0.717, 1.165) is 11.1 Å². The van der Waals surface area contributed by atoms with Crippen molar-refractivity contribution in [1.82, 2.24) is 10.9 Å². The molecule has 6 nitrogen and oxygen atoms in total. The van der Waals surface area contributed by atoms with E-state index in [0.29, 0.717) is 28.5 Å². The highest BCUT2D eigenvalue weighted by molar-refractivity contribution is 6.30. The molecule has 0 saturated heterocycles. The van der Waals surface area contributed by atoms with Gasteiger partial charge in [0, 0.05) is 16.1 Å². The lowest BCUT2D eigenvalue weighted by Crippen LogP contribution is -2.42. The van der Waals surface area contributed by atoms with Gasteiger partial charge in [-0.3, -0.25) is 20.4 Å². The molecule has 0 spiro atoms. The Bertz CT molecular complexity index is 835. The van der Waals surface area contributed by atoms with Gasteiger partial charge in [-0.1, -0.05) is 29.8 Å². The minimum absolute atomic E-state index is 0.116. The van der Waals surface area contributed by atoms with E-state index in [1.54, 1.807) is 42.5 Å². The zero-order valence-corrected chi connectivity index (χ0v) is 15.9. The van der Waals surface area contributed by atoms with Gasteiger partial charge in [0.1, 0.15) is 0 Å². The van der Waals surface area contributed by atoms with Crippen LogP contribution < -0.4 is 20.3 Å². The Morgan fingerprint density at radius 1 is 1.11 bits per heavy atom. The topological polar surface area (TPSA) is 76.7 Å². The van der Waals surface area contributed by atoms with Crippen molar-refractivity contribution in [1.29, 1.82) is 0 Å². The molecule has 2 amide bonds. The number of hydrazine groups is 1. The highest BCUT2D eigenvalue weighted by Crippen LogP contribution is 2.33. The summed E-state index contributed by atoms with van der Waals surface area (Å²) >= 11 is 5.82. The molecule has 0 atom stereocenters. The summed E-state index contributed by atoms with van der Waals surface area (Å²) in [5, 5.41) is 0.594. The highest BCUT2D eigenvalue weighted by Gasteiger charge is 2.16. The van der Waals surface area contributed by atoms with E-state index in [4.69, 9.17) is 21.1 Å². The molecule has 0 unspecified atom stereocenters. The second-order valence-corrected chi connectivity index (χ2v) is 6.11. The molecule has 2 rings (SSSR count). The van der Waals surface area contributed by atoms with Crippen molar-refractivity contribution in [3.05, 3.63) is 70.8 Å². The summed E-state index contributed by atoms with van der Waals surface area (Å²) in [7, 11) is 3.02. The van der Waals surface area contributed by atoms with E-state index in [9.17, 15) is 9.59 Å². The summed E-state index contributed by atoms with van der Waals surface area (Å²) in [6.45, 7) is 3.70. The quantitative estimate of drug-likeness (QED) is 0.564. The lowest BCUT2D eigenvalue weighted by molar-refractivity contribution is -0.121. The summed E-state index contributed by atoms with van der Waals surface area (Å²) in [6, 6.07) is 10.1. The fraction of sp³-hybridized carbons (Fsp3) is 0.200. The van der Waals surface area contributed by atoms with Gasteiger partial charge < -0.3 is 9.47 Å². The molecule has 2 aromatic rings. The fourth-order valence-corrected chi connectivity index (χ4v) is 2.64. The first-order valence-corrected chi connectivity index (χ1v) is 8.55. The Labute approximate surface area is 163 Å². The van der Waals surface area contributed by atoms with Crippen molar-refractivity contribution in [3.8, 4) is 11.5 Å². The van der Waals surface area contributed by atoms with Crippen LogP contribution in [0, 0.1) is 0 Å². The third-order valence-corrected chi connectivity index (χ3v) is 4.03. The van der Waals surface area contributed by atoms with Crippen LogP contribution in [0.3, 0.4) is 0 Å². The predicted octanol–water partition coefficient (Wildman–Crippen LogP) is 3.09. The van der Waals surface area contributed by atoms with E-state index in [1.807, 2.05) is 0 Å². The SMILES string of the molecule is C=CCc1cc(C(=O)NNC(=O)Cc2ccc(Cl)cc2)cc(OC)c1OC. The zero-order valence-electron chi connectivity index (χ0n) is 15.2. The Balaban J connectivity index is 2.06. The summed E-state index contributed by atoms with van der Waals surface area (Å²) in [6.07, 6.45) is 2.32. The molecule has 0 radical (unpaired) electrons. The van der Waals surface area contributed by atoms with Crippen molar-refractivity contribution in [3.63, 3.8) is 0 Å². The molecule has 0 fully saturated rings. The summed E-state index contributed by atoms with van der Waals surface area (Å²) in [5.41, 5.74) is 6.67. The molecule has 142 valence electrons. The van der Waals surface area contributed by atoms with Gasteiger partial charge in [0.15, 0.2) is 11.5 Å². The second-order valence-electron chi connectivity index (χ2n) is 5.67. The van der Waals surface area contributed by atoms with Gasteiger partial charge in [-0.25, -0.2) is 0 Å². The standard InChI is InChI=1S/C20H21ClN2O4/c1-4-5-14-11-15(12-17(26-2)19(14)27-3)20(25)23-22-18(24)10-13-6-8-16(21)9-7-13/h4,6-9,11-12H,1,5,10H2,2-3H3,(H,22,24)(H,23,25). The van der Waals surface area contributed by atoms with Crippen LogP contribution in [0.4, 0.5) is 0 Å². The molecular formula is C20H21ClN2O4. The first kappa shape index (κ1) is 20.3. The molecule has 0 aromatic heterocycles. The average molecular weight is 389 g/mol. The third kappa shape index (κ3) is 5.49. The summed E-state index contributed by atoms with van der Waals surface area (Å²) < 4.78 is 10.6. The van der Waals surface area contributed by atoms with E-state index in [-0.39, 0.29) is 12.3 Å².